The number of carbonyl (C=O) groups is 1. The van der Waals surface area contributed by atoms with Crippen LogP contribution in [0.25, 0.3) is 0 Å². The number of carbonyl (C=O) groups excluding carboxylic acids is 1. The third-order valence-corrected chi connectivity index (χ3v) is 5.77. The van der Waals surface area contributed by atoms with E-state index in [1.54, 1.807) is 12.1 Å². The number of nitrogens with one attached hydrogen (secondary N) is 2. The molecule has 5 nitrogen and oxygen atoms in total. The van der Waals surface area contributed by atoms with E-state index in [-0.39, 0.29) is 11.0 Å². The lowest BCUT2D eigenvalue weighted by atomic mass is 9.99. The Morgan fingerprint density at radius 3 is 2.48 bits per heavy atom. The summed E-state index contributed by atoms with van der Waals surface area (Å²) < 4.78 is 5.09. The zero-order chi connectivity index (χ0) is 21.0. The number of halogens is 2. The number of methoxy groups -OCH3 is 1. The molecule has 2 aromatic carbocycles. The second-order valence-corrected chi connectivity index (χ2v) is 8.32. The molecule has 1 saturated heterocycles. The molecule has 0 unspecified atom stereocenters. The summed E-state index contributed by atoms with van der Waals surface area (Å²) in [5.41, 5.74) is 2.11. The number of amides is 1. The lowest BCUT2D eigenvalue weighted by Crippen LogP contribution is -2.34. The van der Waals surface area contributed by atoms with Crippen molar-refractivity contribution in [2.24, 2.45) is 5.92 Å². The maximum Gasteiger partial charge on any atom is 0.257 e. The van der Waals surface area contributed by atoms with Crippen molar-refractivity contribution in [3.8, 4) is 5.75 Å². The molecule has 0 aliphatic carbocycles. The first-order valence-corrected chi connectivity index (χ1v) is 10.5. The first kappa shape index (κ1) is 21.7. The van der Waals surface area contributed by atoms with E-state index in [1.165, 1.54) is 26.0 Å². The molecule has 1 heterocycles. The van der Waals surface area contributed by atoms with Crippen molar-refractivity contribution in [1.82, 2.24) is 5.32 Å². The van der Waals surface area contributed by atoms with Crippen LogP contribution in [-0.2, 0) is 0 Å². The molecule has 0 aromatic heterocycles. The van der Waals surface area contributed by atoms with Gasteiger partial charge in [0.05, 0.1) is 22.8 Å². The Morgan fingerprint density at radius 2 is 1.86 bits per heavy atom. The number of rotatable bonds is 4. The first-order valence-electron chi connectivity index (χ1n) is 9.37. The molecule has 1 fully saturated rings. The number of nitrogens with zero attached hydrogens (tertiary/aromatic N) is 1. The van der Waals surface area contributed by atoms with Gasteiger partial charge in [0.15, 0.2) is 5.11 Å². The van der Waals surface area contributed by atoms with E-state index in [4.69, 9.17) is 40.2 Å². The van der Waals surface area contributed by atoms with Gasteiger partial charge in [0, 0.05) is 24.3 Å². The van der Waals surface area contributed by atoms with Gasteiger partial charge in [-0.2, -0.15) is 0 Å². The van der Waals surface area contributed by atoms with Gasteiger partial charge in [-0.1, -0.05) is 30.1 Å². The van der Waals surface area contributed by atoms with Crippen LogP contribution < -0.4 is 20.3 Å². The standard InChI is InChI=1S/C21H23Cl2N3O2S/c1-13-7-9-26(10-8-13)18-5-4-15(12-16(18)22)24-21(29)25-20(27)14-3-6-19(28-2)17(23)11-14/h3-6,11-13H,7-10H2,1-2H3,(H2,24,25,27,29). The average Bonchev–Trinajstić information content (AvgIpc) is 2.69. The fourth-order valence-corrected chi connectivity index (χ4v) is 4.00. The normalized spacial score (nSPS) is 14.4. The van der Waals surface area contributed by atoms with Gasteiger partial charge in [0.1, 0.15) is 5.75 Å². The fraction of sp³-hybridized carbons (Fsp3) is 0.333. The molecule has 1 aliphatic rings. The van der Waals surface area contributed by atoms with Gasteiger partial charge in [-0.3, -0.25) is 10.1 Å². The van der Waals surface area contributed by atoms with Crippen molar-refractivity contribution in [3.63, 3.8) is 0 Å². The highest BCUT2D eigenvalue weighted by molar-refractivity contribution is 7.80. The maximum absolute atomic E-state index is 12.4. The van der Waals surface area contributed by atoms with E-state index in [9.17, 15) is 4.79 Å². The molecule has 8 heteroatoms. The zero-order valence-electron chi connectivity index (χ0n) is 16.3. The fourth-order valence-electron chi connectivity index (χ4n) is 3.24. The third-order valence-electron chi connectivity index (χ3n) is 4.97. The van der Waals surface area contributed by atoms with Crippen LogP contribution in [0.15, 0.2) is 36.4 Å². The summed E-state index contributed by atoms with van der Waals surface area (Å²) >= 11 is 17.8. The molecule has 1 amide bonds. The molecule has 2 aromatic rings. The highest BCUT2D eigenvalue weighted by atomic mass is 35.5. The Morgan fingerprint density at radius 1 is 1.14 bits per heavy atom. The smallest absolute Gasteiger partial charge is 0.257 e. The van der Waals surface area contributed by atoms with Crippen molar-refractivity contribution in [2.45, 2.75) is 19.8 Å². The van der Waals surface area contributed by atoms with E-state index in [2.05, 4.69) is 22.5 Å². The second-order valence-electron chi connectivity index (χ2n) is 7.09. The summed E-state index contributed by atoms with van der Waals surface area (Å²) in [4.78, 5) is 14.7. The van der Waals surface area contributed by atoms with Crippen LogP contribution in [0.3, 0.4) is 0 Å². The highest BCUT2D eigenvalue weighted by Gasteiger charge is 2.18. The van der Waals surface area contributed by atoms with Gasteiger partial charge < -0.3 is 15.0 Å². The SMILES string of the molecule is COc1ccc(C(=O)NC(=S)Nc2ccc(N3CCC(C)CC3)c(Cl)c2)cc1Cl. The summed E-state index contributed by atoms with van der Waals surface area (Å²) in [5.74, 6) is 0.895. The second kappa shape index (κ2) is 9.65. The van der Waals surface area contributed by atoms with Crippen molar-refractivity contribution in [1.29, 1.82) is 0 Å². The molecule has 29 heavy (non-hydrogen) atoms. The van der Waals surface area contributed by atoms with E-state index in [1.807, 2.05) is 18.2 Å². The van der Waals surface area contributed by atoms with Crippen LogP contribution in [0.4, 0.5) is 11.4 Å². The van der Waals surface area contributed by atoms with E-state index in [0.717, 1.165) is 24.7 Å². The van der Waals surface area contributed by atoms with Gasteiger partial charge in [0.25, 0.3) is 5.91 Å². The first-order chi connectivity index (χ1) is 13.9. The molecular weight excluding hydrogens is 429 g/mol. The highest BCUT2D eigenvalue weighted by Crippen LogP contribution is 2.32. The van der Waals surface area contributed by atoms with Crippen molar-refractivity contribution < 1.29 is 9.53 Å². The summed E-state index contributed by atoms with van der Waals surface area (Å²) in [6.45, 7) is 4.29. The third kappa shape index (κ3) is 5.53. The van der Waals surface area contributed by atoms with Crippen LogP contribution >= 0.6 is 35.4 Å². The lowest BCUT2D eigenvalue weighted by molar-refractivity contribution is 0.0977. The average molecular weight is 452 g/mol. The molecule has 0 radical (unpaired) electrons. The quantitative estimate of drug-likeness (QED) is 0.612. The molecule has 1 aliphatic heterocycles. The largest absolute Gasteiger partial charge is 0.495 e. The lowest BCUT2D eigenvalue weighted by Gasteiger charge is -2.32. The topological polar surface area (TPSA) is 53.6 Å². The number of ether oxygens (including phenoxy) is 1. The van der Waals surface area contributed by atoms with Crippen LogP contribution in [0.2, 0.25) is 10.0 Å². The van der Waals surface area contributed by atoms with E-state index in [0.29, 0.717) is 27.0 Å². The van der Waals surface area contributed by atoms with E-state index >= 15 is 0 Å². The van der Waals surface area contributed by atoms with Crippen molar-refractivity contribution in [3.05, 3.63) is 52.0 Å². The molecule has 154 valence electrons. The van der Waals surface area contributed by atoms with Crippen LogP contribution in [-0.4, -0.2) is 31.2 Å². The van der Waals surface area contributed by atoms with Crippen molar-refractivity contribution >= 4 is 57.8 Å². The summed E-state index contributed by atoms with van der Waals surface area (Å²) in [7, 11) is 1.52. The van der Waals surface area contributed by atoms with Gasteiger partial charge >= 0.3 is 0 Å². The minimum atomic E-state index is -0.364. The van der Waals surface area contributed by atoms with Gasteiger partial charge in [0.2, 0.25) is 0 Å². The minimum Gasteiger partial charge on any atom is -0.495 e. The molecule has 0 saturated carbocycles. The Balaban J connectivity index is 1.61. The van der Waals surface area contributed by atoms with Crippen LogP contribution in [0.1, 0.15) is 30.1 Å². The van der Waals surface area contributed by atoms with E-state index < -0.39 is 0 Å². The summed E-state index contributed by atoms with van der Waals surface area (Å²) in [6, 6.07) is 10.5. The number of thiocarbonyl (C=S) groups is 1. The monoisotopic (exact) mass is 451 g/mol. The summed E-state index contributed by atoms with van der Waals surface area (Å²) in [6.07, 6.45) is 2.34. The molecule has 0 bridgehead atoms. The summed E-state index contributed by atoms with van der Waals surface area (Å²) in [5, 5.41) is 6.82. The number of hydrogen-bond acceptors (Lipinski definition) is 4. The van der Waals surface area contributed by atoms with Gasteiger partial charge in [-0.05, 0) is 67.4 Å². The van der Waals surface area contributed by atoms with Crippen LogP contribution in [0, 0.1) is 5.92 Å². The van der Waals surface area contributed by atoms with Gasteiger partial charge in [-0.25, -0.2) is 0 Å². The number of benzene rings is 2. The maximum atomic E-state index is 12.4. The molecular formula is C21H23Cl2N3O2S. The zero-order valence-corrected chi connectivity index (χ0v) is 18.6. The minimum absolute atomic E-state index is 0.178. The molecule has 3 rings (SSSR count). The number of anilines is 2. The Bertz CT molecular complexity index is 915. The Labute approximate surface area is 186 Å². The number of piperidine rings is 1. The Kier molecular flexibility index (Phi) is 7.22. The molecule has 0 atom stereocenters. The molecule has 2 N–H and O–H groups in total. The predicted octanol–water partition coefficient (Wildman–Crippen LogP) is 5.37. The predicted molar refractivity (Wildman–Crippen MR) is 124 cm³/mol. The number of hydrogen-bond donors (Lipinski definition) is 2. The van der Waals surface area contributed by atoms with Crippen molar-refractivity contribution in [2.75, 3.05) is 30.4 Å². The van der Waals surface area contributed by atoms with Crippen LogP contribution in [0.5, 0.6) is 5.75 Å². The molecule has 0 spiro atoms. The van der Waals surface area contributed by atoms with Gasteiger partial charge in [-0.15, -0.1) is 0 Å². The Hall–Kier alpha value is -2.02.